The van der Waals surface area contributed by atoms with Gasteiger partial charge in [-0.3, -0.25) is 9.59 Å². The number of nitrogens with zero attached hydrogens (tertiary/aromatic N) is 1. The molecule has 92 valence electrons. The molecule has 1 N–H and O–H groups in total. The number of carboxylic acid groups (broad SMARTS) is 1. The van der Waals surface area contributed by atoms with Crippen LogP contribution in [0.2, 0.25) is 0 Å². The van der Waals surface area contributed by atoms with Crippen molar-refractivity contribution in [3.63, 3.8) is 0 Å². The number of likely N-dealkylation sites (N-methyl/N-ethyl adjacent to an activating group) is 1. The highest BCUT2D eigenvalue weighted by atomic mass is 32.1. The van der Waals surface area contributed by atoms with E-state index in [4.69, 9.17) is 5.11 Å². The Kier molecular flexibility index (Phi) is 3.19. The molecule has 1 aliphatic carbocycles. The topological polar surface area (TPSA) is 57.6 Å². The fraction of sp³-hybridized carbons (Fsp3) is 0.500. The van der Waals surface area contributed by atoms with Gasteiger partial charge in [-0.05, 0) is 30.4 Å². The number of rotatable bonds is 4. The third-order valence-electron chi connectivity index (χ3n) is 3.09. The van der Waals surface area contributed by atoms with Crippen LogP contribution >= 0.6 is 11.3 Å². The van der Waals surface area contributed by atoms with Crippen LogP contribution in [0.4, 0.5) is 0 Å². The van der Waals surface area contributed by atoms with Gasteiger partial charge in [-0.2, -0.15) is 0 Å². The highest BCUT2D eigenvalue weighted by molar-refractivity contribution is 7.10. The van der Waals surface area contributed by atoms with Crippen molar-refractivity contribution in [2.75, 3.05) is 13.6 Å². The lowest BCUT2D eigenvalue weighted by Gasteiger charge is -2.14. The third kappa shape index (κ3) is 2.49. The molecule has 2 rings (SSSR count). The zero-order valence-corrected chi connectivity index (χ0v) is 10.7. The molecule has 0 aliphatic heterocycles. The number of thiophene rings is 1. The largest absolute Gasteiger partial charge is 0.480 e. The van der Waals surface area contributed by atoms with Crippen LogP contribution in [0.1, 0.15) is 22.8 Å². The first-order valence-electron chi connectivity index (χ1n) is 5.51. The van der Waals surface area contributed by atoms with Gasteiger partial charge >= 0.3 is 5.97 Å². The molecule has 1 aliphatic rings. The van der Waals surface area contributed by atoms with Crippen molar-refractivity contribution in [2.24, 2.45) is 5.92 Å². The standard InChI is InChI=1S/C12H15NO3S/c1-7-3-4-17-11(7)8-5-9(8)12(16)13(2)6-10(14)15/h3-4,8-9H,5-6H2,1-2H3,(H,14,15)/t8-,9+/m0/s1. The van der Waals surface area contributed by atoms with Gasteiger partial charge in [0.15, 0.2) is 0 Å². The quantitative estimate of drug-likeness (QED) is 0.888. The van der Waals surface area contributed by atoms with E-state index >= 15 is 0 Å². The van der Waals surface area contributed by atoms with Crippen molar-refractivity contribution in [3.8, 4) is 0 Å². The molecule has 1 fully saturated rings. The lowest BCUT2D eigenvalue weighted by atomic mass is 10.2. The normalized spacial score (nSPS) is 22.2. The minimum absolute atomic E-state index is 0.0169. The van der Waals surface area contributed by atoms with Crippen molar-refractivity contribution >= 4 is 23.2 Å². The second-order valence-electron chi connectivity index (χ2n) is 4.50. The van der Waals surface area contributed by atoms with E-state index in [1.165, 1.54) is 15.3 Å². The Morgan fingerprint density at radius 2 is 2.29 bits per heavy atom. The number of hydrogen-bond donors (Lipinski definition) is 1. The second-order valence-corrected chi connectivity index (χ2v) is 5.45. The van der Waals surface area contributed by atoms with Gasteiger partial charge in [-0.25, -0.2) is 0 Å². The van der Waals surface area contributed by atoms with Crippen molar-refractivity contribution in [1.29, 1.82) is 0 Å². The van der Waals surface area contributed by atoms with Gasteiger partial charge in [0.25, 0.3) is 0 Å². The van der Waals surface area contributed by atoms with Gasteiger partial charge in [0.1, 0.15) is 6.54 Å². The predicted molar refractivity (Wildman–Crippen MR) is 65.2 cm³/mol. The highest BCUT2D eigenvalue weighted by Crippen LogP contribution is 2.51. The first-order valence-corrected chi connectivity index (χ1v) is 6.39. The van der Waals surface area contributed by atoms with Gasteiger partial charge in [-0.15, -0.1) is 11.3 Å². The minimum Gasteiger partial charge on any atom is -0.480 e. The summed E-state index contributed by atoms with van der Waals surface area (Å²) >= 11 is 1.68. The number of amides is 1. The van der Waals surface area contributed by atoms with E-state index in [1.807, 2.05) is 12.3 Å². The number of aliphatic carboxylic acids is 1. The first-order chi connectivity index (χ1) is 8.00. The van der Waals surface area contributed by atoms with Gasteiger partial charge in [0.2, 0.25) is 5.91 Å². The summed E-state index contributed by atoms with van der Waals surface area (Å²) < 4.78 is 0. The van der Waals surface area contributed by atoms with Crippen LogP contribution in [0.25, 0.3) is 0 Å². The van der Waals surface area contributed by atoms with E-state index in [9.17, 15) is 9.59 Å². The molecule has 0 unspecified atom stereocenters. The molecule has 1 heterocycles. The van der Waals surface area contributed by atoms with E-state index in [0.29, 0.717) is 5.92 Å². The number of aryl methyl sites for hydroxylation is 1. The van der Waals surface area contributed by atoms with E-state index < -0.39 is 5.97 Å². The van der Waals surface area contributed by atoms with Gasteiger partial charge < -0.3 is 10.0 Å². The Bertz CT molecular complexity index is 454. The summed E-state index contributed by atoms with van der Waals surface area (Å²) in [5.74, 6) is -0.731. The van der Waals surface area contributed by atoms with E-state index in [0.717, 1.165) is 6.42 Å². The number of carbonyl (C=O) groups is 2. The van der Waals surface area contributed by atoms with Crippen molar-refractivity contribution in [2.45, 2.75) is 19.3 Å². The van der Waals surface area contributed by atoms with E-state index in [1.54, 1.807) is 18.4 Å². The minimum atomic E-state index is -0.967. The zero-order valence-electron chi connectivity index (χ0n) is 9.84. The van der Waals surface area contributed by atoms with Crippen LogP contribution in [0.5, 0.6) is 0 Å². The summed E-state index contributed by atoms with van der Waals surface area (Å²) in [6.07, 6.45) is 0.851. The van der Waals surface area contributed by atoms with Crippen LogP contribution in [-0.2, 0) is 9.59 Å². The summed E-state index contributed by atoms with van der Waals surface area (Å²) in [5, 5.41) is 10.7. The Balaban J connectivity index is 1.97. The van der Waals surface area contributed by atoms with Crippen molar-refractivity contribution in [1.82, 2.24) is 4.90 Å². The summed E-state index contributed by atoms with van der Waals surface area (Å²) in [4.78, 5) is 25.0. The fourth-order valence-corrected chi connectivity index (χ4v) is 3.19. The van der Waals surface area contributed by atoms with Crippen LogP contribution in [-0.4, -0.2) is 35.5 Å². The molecule has 0 radical (unpaired) electrons. The van der Waals surface area contributed by atoms with Crippen LogP contribution in [0, 0.1) is 12.8 Å². The Morgan fingerprint density at radius 3 is 2.82 bits per heavy atom. The maximum atomic E-state index is 11.9. The summed E-state index contributed by atoms with van der Waals surface area (Å²) in [5.41, 5.74) is 1.23. The fourth-order valence-electron chi connectivity index (χ4n) is 2.09. The molecule has 5 heteroatoms. The van der Waals surface area contributed by atoms with Gasteiger partial charge in [0, 0.05) is 23.8 Å². The monoisotopic (exact) mass is 253 g/mol. The summed E-state index contributed by atoms with van der Waals surface area (Å²) in [7, 11) is 1.55. The molecule has 0 bridgehead atoms. The lowest BCUT2D eigenvalue weighted by Crippen LogP contribution is -2.33. The predicted octanol–water partition coefficient (Wildman–Crippen LogP) is 1.70. The van der Waals surface area contributed by atoms with E-state index in [-0.39, 0.29) is 18.4 Å². The smallest absolute Gasteiger partial charge is 0.323 e. The summed E-state index contributed by atoms with van der Waals surface area (Å²) in [6.45, 7) is 1.83. The molecule has 1 aromatic heterocycles. The van der Waals surface area contributed by atoms with Crippen molar-refractivity contribution < 1.29 is 14.7 Å². The Morgan fingerprint density at radius 1 is 1.59 bits per heavy atom. The van der Waals surface area contributed by atoms with E-state index in [2.05, 4.69) is 6.07 Å². The van der Waals surface area contributed by atoms with Crippen LogP contribution in [0.3, 0.4) is 0 Å². The van der Waals surface area contributed by atoms with Gasteiger partial charge in [0.05, 0.1) is 0 Å². The molecule has 1 amide bonds. The zero-order chi connectivity index (χ0) is 12.6. The van der Waals surface area contributed by atoms with Crippen LogP contribution in [0.15, 0.2) is 11.4 Å². The third-order valence-corrected chi connectivity index (χ3v) is 4.25. The molecular weight excluding hydrogens is 238 g/mol. The number of carboxylic acids is 1. The summed E-state index contributed by atoms with van der Waals surface area (Å²) in [6, 6.07) is 2.06. The van der Waals surface area contributed by atoms with Crippen molar-refractivity contribution in [3.05, 3.63) is 21.9 Å². The average molecular weight is 253 g/mol. The maximum Gasteiger partial charge on any atom is 0.323 e. The SMILES string of the molecule is Cc1ccsc1[C@H]1C[C@H]1C(=O)N(C)CC(=O)O. The Hall–Kier alpha value is -1.36. The number of carbonyl (C=O) groups excluding carboxylic acids is 1. The lowest BCUT2D eigenvalue weighted by molar-refractivity contribution is -0.144. The first kappa shape index (κ1) is 12.1. The molecule has 0 aromatic carbocycles. The number of hydrogen-bond acceptors (Lipinski definition) is 3. The molecule has 17 heavy (non-hydrogen) atoms. The molecule has 1 aromatic rings. The molecule has 0 saturated heterocycles. The second kappa shape index (κ2) is 4.49. The molecule has 1 saturated carbocycles. The van der Waals surface area contributed by atoms with Gasteiger partial charge in [-0.1, -0.05) is 0 Å². The molecule has 2 atom stereocenters. The average Bonchev–Trinajstić information content (AvgIpc) is 2.92. The molecule has 0 spiro atoms. The maximum absolute atomic E-state index is 11.9. The highest BCUT2D eigenvalue weighted by Gasteiger charge is 2.46. The molecule has 4 nitrogen and oxygen atoms in total. The van der Waals surface area contributed by atoms with Crippen LogP contribution < -0.4 is 0 Å². The Labute approximate surface area is 104 Å². The molecular formula is C12H15NO3S.